The predicted molar refractivity (Wildman–Crippen MR) is 123 cm³/mol. The van der Waals surface area contributed by atoms with Crippen molar-refractivity contribution in [2.45, 2.75) is 62.4 Å². The Labute approximate surface area is 194 Å². The Balaban J connectivity index is 1.28. The second-order valence-electron chi connectivity index (χ2n) is 11.8. The third-order valence-corrected chi connectivity index (χ3v) is 10.6. The molecule has 2 saturated heterocycles. The number of halogens is 1. The van der Waals surface area contributed by atoms with Crippen molar-refractivity contribution in [1.82, 2.24) is 14.9 Å². The number of phenolic OH excluding ortho intramolecular Hbond substituents is 1. The monoisotopic (exact) mass is 446 g/mol. The molecule has 0 amide bonds. The van der Waals surface area contributed by atoms with Crippen molar-refractivity contribution in [2.24, 2.45) is 23.2 Å². The Bertz CT molecular complexity index is 1140. The van der Waals surface area contributed by atoms with E-state index >= 15 is 0 Å². The normalized spacial score (nSPS) is 40.6. The van der Waals surface area contributed by atoms with Crippen LogP contribution in [-0.2, 0) is 11.8 Å². The summed E-state index contributed by atoms with van der Waals surface area (Å²) in [5, 5.41) is 10.6. The topological polar surface area (TPSA) is 52.5 Å². The van der Waals surface area contributed by atoms with Crippen LogP contribution in [0.5, 0.6) is 5.75 Å². The highest BCUT2D eigenvalue weighted by molar-refractivity contribution is 5.53. The molecule has 8 rings (SSSR count). The van der Waals surface area contributed by atoms with Gasteiger partial charge in [0.1, 0.15) is 5.75 Å². The molecular formula is C27H31FN4O. The first-order valence-electron chi connectivity index (χ1n) is 12.9. The molecule has 5 nitrogen and oxygen atoms in total. The molecule has 1 aromatic carbocycles. The number of anilines is 1. The van der Waals surface area contributed by atoms with Gasteiger partial charge in [0.05, 0.1) is 12.4 Å². The van der Waals surface area contributed by atoms with E-state index in [9.17, 15) is 9.50 Å². The first-order valence-corrected chi connectivity index (χ1v) is 12.9. The van der Waals surface area contributed by atoms with Gasteiger partial charge in [-0.15, -0.1) is 0 Å². The standard InChI is InChI=1S/C27H31FN4O/c28-19-12-29-25(30-13-19)32-15-18-11-26-6-5-22(32)24(18)27(26)7-8-31(14-16-1-2-16)23(26)9-17-3-4-20(33)10-21(17)27/h3-4,10,12-13,16,18,22-24,33H,1-2,5-9,11,14-15H2/t18-,22?,23?,24?,26?,27?/m1/s1. The summed E-state index contributed by atoms with van der Waals surface area (Å²) in [5.74, 6) is 2.82. The number of benzene rings is 1. The summed E-state index contributed by atoms with van der Waals surface area (Å²) < 4.78 is 13.5. The van der Waals surface area contributed by atoms with E-state index in [2.05, 4.69) is 31.9 Å². The fourth-order valence-electron chi connectivity index (χ4n) is 9.63. The van der Waals surface area contributed by atoms with Crippen LogP contribution in [0.15, 0.2) is 30.6 Å². The Hall–Kier alpha value is -2.21. The van der Waals surface area contributed by atoms with Crippen molar-refractivity contribution in [2.75, 3.05) is 24.5 Å². The van der Waals surface area contributed by atoms with Crippen LogP contribution >= 0.6 is 0 Å². The lowest BCUT2D eigenvalue weighted by molar-refractivity contribution is -0.0921. The van der Waals surface area contributed by atoms with Crippen LogP contribution in [0.25, 0.3) is 0 Å². The van der Waals surface area contributed by atoms with Crippen LogP contribution in [-0.4, -0.2) is 51.7 Å². The van der Waals surface area contributed by atoms with Crippen LogP contribution in [0.2, 0.25) is 0 Å². The Morgan fingerprint density at radius 1 is 1.12 bits per heavy atom. The lowest BCUT2D eigenvalue weighted by Crippen LogP contribution is -2.69. The molecule has 5 unspecified atom stereocenters. The van der Waals surface area contributed by atoms with Gasteiger partial charge in [0, 0.05) is 30.6 Å². The molecule has 6 aliphatic rings. The molecule has 6 heteroatoms. The van der Waals surface area contributed by atoms with Gasteiger partial charge in [-0.25, -0.2) is 14.4 Å². The number of fused-ring (bicyclic) bond motifs is 1. The van der Waals surface area contributed by atoms with E-state index in [-0.39, 0.29) is 11.2 Å². The van der Waals surface area contributed by atoms with Gasteiger partial charge in [-0.2, -0.15) is 0 Å². The quantitative estimate of drug-likeness (QED) is 0.775. The molecule has 2 aromatic rings. The van der Waals surface area contributed by atoms with Crippen LogP contribution < -0.4 is 4.90 Å². The highest BCUT2D eigenvalue weighted by atomic mass is 19.1. The van der Waals surface area contributed by atoms with Gasteiger partial charge in [-0.1, -0.05) is 6.07 Å². The van der Waals surface area contributed by atoms with Crippen LogP contribution in [0.1, 0.15) is 49.7 Å². The largest absolute Gasteiger partial charge is 0.508 e. The van der Waals surface area contributed by atoms with E-state index in [0.717, 1.165) is 18.9 Å². The van der Waals surface area contributed by atoms with E-state index in [0.29, 0.717) is 41.0 Å². The number of likely N-dealkylation sites (tertiary alicyclic amines) is 1. The molecule has 2 aliphatic heterocycles. The molecule has 0 spiro atoms. The lowest BCUT2D eigenvalue weighted by atomic mass is 9.43. The zero-order valence-electron chi connectivity index (χ0n) is 19.0. The van der Waals surface area contributed by atoms with Gasteiger partial charge in [0.2, 0.25) is 5.95 Å². The minimum absolute atomic E-state index is 0.131. The summed E-state index contributed by atoms with van der Waals surface area (Å²) in [7, 11) is 0. The average Bonchev–Trinajstić information content (AvgIpc) is 3.50. The first kappa shape index (κ1) is 19.1. The number of hydrogen-bond acceptors (Lipinski definition) is 5. The minimum atomic E-state index is -0.373. The number of phenols is 1. The van der Waals surface area contributed by atoms with Gasteiger partial charge < -0.3 is 10.0 Å². The molecule has 1 N–H and O–H groups in total. The van der Waals surface area contributed by atoms with Crippen molar-refractivity contribution < 1.29 is 9.50 Å². The number of piperidine rings is 1. The maximum absolute atomic E-state index is 13.5. The number of rotatable bonds is 3. The van der Waals surface area contributed by atoms with Gasteiger partial charge >= 0.3 is 0 Å². The molecule has 3 saturated carbocycles. The second-order valence-corrected chi connectivity index (χ2v) is 11.8. The Morgan fingerprint density at radius 2 is 1.97 bits per heavy atom. The summed E-state index contributed by atoms with van der Waals surface area (Å²) >= 11 is 0. The minimum Gasteiger partial charge on any atom is -0.508 e. The fraction of sp³-hybridized carbons (Fsp3) is 0.630. The molecular weight excluding hydrogens is 415 g/mol. The summed E-state index contributed by atoms with van der Waals surface area (Å²) in [6.45, 7) is 3.44. The third kappa shape index (κ3) is 2.31. The molecule has 3 heterocycles. The third-order valence-electron chi connectivity index (χ3n) is 10.6. The summed E-state index contributed by atoms with van der Waals surface area (Å²) in [4.78, 5) is 14.1. The first-order chi connectivity index (χ1) is 16.1. The van der Waals surface area contributed by atoms with Crippen LogP contribution in [0.4, 0.5) is 10.3 Å². The van der Waals surface area contributed by atoms with Crippen molar-refractivity contribution in [1.29, 1.82) is 0 Å². The summed E-state index contributed by atoms with van der Waals surface area (Å²) in [6, 6.07) is 7.26. The highest BCUT2D eigenvalue weighted by Crippen LogP contribution is 2.75. The van der Waals surface area contributed by atoms with Gasteiger partial charge in [-0.05, 0) is 97.9 Å². The zero-order valence-corrected chi connectivity index (χ0v) is 19.0. The molecule has 5 fully saturated rings. The maximum Gasteiger partial charge on any atom is 0.225 e. The Kier molecular flexibility index (Phi) is 3.63. The van der Waals surface area contributed by atoms with Crippen LogP contribution in [0, 0.1) is 29.0 Å². The summed E-state index contributed by atoms with van der Waals surface area (Å²) in [6.07, 6.45) is 11.4. The van der Waals surface area contributed by atoms with Crippen molar-refractivity contribution in [3.05, 3.63) is 47.5 Å². The van der Waals surface area contributed by atoms with E-state index in [1.807, 2.05) is 6.07 Å². The van der Waals surface area contributed by atoms with Gasteiger partial charge in [-0.3, -0.25) is 4.90 Å². The second kappa shape index (κ2) is 6.26. The van der Waals surface area contributed by atoms with E-state index in [4.69, 9.17) is 0 Å². The SMILES string of the molecule is Oc1ccc2c(c1)C13CCN(CC4CC4)C(C2)C12CCC1C3[C@@H](CN1c1ncc(F)cn1)C2. The predicted octanol–water partition coefficient (Wildman–Crippen LogP) is 3.90. The lowest BCUT2D eigenvalue weighted by Gasteiger charge is -2.66. The molecule has 0 radical (unpaired) electrons. The molecule has 172 valence electrons. The van der Waals surface area contributed by atoms with Crippen molar-refractivity contribution in [3.63, 3.8) is 0 Å². The number of nitrogens with zero attached hydrogens (tertiary/aromatic N) is 4. The van der Waals surface area contributed by atoms with Gasteiger partial charge in [0.25, 0.3) is 0 Å². The van der Waals surface area contributed by atoms with Gasteiger partial charge in [0.15, 0.2) is 5.82 Å². The molecule has 33 heavy (non-hydrogen) atoms. The average molecular weight is 447 g/mol. The zero-order chi connectivity index (χ0) is 21.9. The highest BCUT2D eigenvalue weighted by Gasteiger charge is 2.76. The number of aromatic hydroxyl groups is 1. The Morgan fingerprint density at radius 3 is 2.79 bits per heavy atom. The number of aromatic nitrogens is 2. The molecule has 6 atom stereocenters. The molecule has 1 aromatic heterocycles. The molecule has 4 aliphatic carbocycles. The smallest absolute Gasteiger partial charge is 0.225 e. The maximum atomic E-state index is 13.5. The van der Waals surface area contributed by atoms with Crippen molar-refractivity contribution >= 4 is 5.95 Å². The number of hydrogen-bond donors (Lipinski definition) is 1. The molecule has 4 bridgehead atoms. The van der Waals surface area contributed by atoms with Crippen LogP contribution in [0.3, 0.4) is 0 Å². The van der Waals surface area contributed by atoms with E-state index in [1.165, 1.54) is 75.1 Å². The van der Waals surface area contributed by atoms with E-state index < -0.39 is 0 Å². The van der Waals surface area contributed by atoms with E-state index in [1.54, 1.807) is 0 Å². The van der Waals surface area contributed by atoms with Crippen molar-refractivity contribution in [3.8, 4) is 5.75 Å². The fourth-order valence-corrected chi connectivity index (χ4v) is 9.63. The summed E-state index contributed by atoms with van der Waals surface area (Å²) in [5.41, 5.74) is 3.37.